The number of hydrogen-bond donors (Lipinski definition) is 0. The van der Waals surface area contributed by atoms with E-state index in [1.54, 1.807) is 12.1 Å². The standard InChI is InChI=1S/C13H17FO2.C2H6/c1-2-3-8-13(15-9-10-16-13)11-4-6-12(14)7-5-11;1-2/h4-7H,2-3,8-10H2,1H3;1-2H3. The van der Waals surface area contributed by atoms with Crippen molar-refractivity contribution in [3.8, 4) is 0 Å². The Morgan fingerprint density at radius 1 is 1.11 bits per heavy atom. The van der Waals surface area contributed by atoms with Gasteiger partial charge in [-0.2, -0.15) is 0 Å². The second kappa shape index (κ2) is 7.49. The minimum atomic E-state index is -0.635. The summed E-state index contributed by atoms with van der Waals surface area (Å²) in [6, 6.07) is 6.40. The Kier molecular flexibility index (Phi) is 6.30. The second-order valence-electron chi connectivity index (χ2n) is 4.06. The predicted octanol–water partition coefficient (Wildman–Crippen LogP) is 4.24. The molecule has 0 radical (unpaired) electrons. The average molecular weight is 254 g/mol. The van der Waals surface area contributed by atoms with Crippen LogP contribution in [0.4, 0.5) is 4.39 Å². The Balaban J connectivity index is 0.000000771. The molecule has 1 aromatic carbocycles. The van der Waals surface area contributed by atoms with Crippen molar-refractivity contribution < 1.29 is 13.9 Å². The lowest BCUT2D eigenvalue weighted by atomic mass is 10.00. The molecular weight excluding hydrogens is 231 g/mol. The molecule has 0 unspecified atom stereocenters. The molecule has 1 aliphatic heterocycles. The molecule has 1 heterocycles. The first-order valence-corrected chi connectivity index (χ1v) is 6.81. The van der Waals surface area contributed by atoms with Gasteiger partial charge in [-0.3, -0.25) is 0 Å². The first kappa shape index (κ1) is 15.1. The van der Waals surface area contributed by atoms with Crippen molar-refractivity contribution >= 4 is 0 Å². The molecule has 0 aromatic heterocycles. The molecule has 1 fully saturated rings. The van der Waals surface area contributed by atoms with Gasteiger partial charge >= 0.3 is 0 Å². The molecule has 18 heavy (non-hydrogen) atoms. The van der Waals surface area contributed by atoms with Gasteiger partial charge < -0.3 is 9.47 Å². The first-order valence-electron chi connectivity index (χ1n) is 6.81. The fourth-order valence-electron chi connectivity index (χ4n) is 2.02. The van der Waals surface area contributed by atoms with Gasteiger partial charge in [0, 0.05) is 12.0 Å². The molecule has 1 saturated heterocycles. The molecule has 3 heteroatoms. The van der Waals surface area contributed by atoms with Crippen molar-refractivity contribution in [3.05, 3.63) is 35.6 Å². The van der Waals surface area contributed by atoms with Gasteiger partial charge in [0.2, 0.25) is 0 Å². The summed E-state index contributed by atoms with van der Waals surface area (Å²) >= 11 is 0. The van der Waals surface area contributed by atoms with Crippen LogP contribution in [0.15, 0.2) is 24.3 Å². The van der Waals surface area contributed by atoms with Gasteiger partial charge in [0.05, 0.1) is 13.2 Å². The summed E-state index contributed by atoms with van der Waals surface area (Å²) in [7, 11) is 0. The third-order valence-electron chi connectivity index (χ3n) is 2.90. The molecule has 1 aromatic rings. The summed E-state index contributed by atoms with van der Waals surface area (Å²) in [5.74, 6) is -0.864. The van der Waals surface area contributed by atoms with Crippen molar-refractivity contribution in [2.24, 2.45) is 0 Å². The number of unbranched alkanes of at least 4 members (excludes halogenated alkanes) is 1. The van der Waals surface area contributed by atoms with Crippen molar-refractivity contribution in [2.45, 2.75) is 45.8 Å². The zero-order chi connectivity index (χ0) is 13.4. The molecule has 1 aliphatic rings. The van der Waals surface area contributed by atoms with E-state index in [0.29, 0.717) is 13.2 Å². The molecule has 0 spiro atoms. The molecule has 0 saturated carbocycles. The zero-order valence-electron chi connectivity index (χ0n) is 11.5. The minimum Gasteiger partial charge on any atom is -0.343 e. The Bertz CT molecular complexity index is 329. The van der Waals surface area contributed by atoms with Gasteiger partial charge in [-0.25, -0.2) is 4.39 Å². The van der Waals surface area contributed by atoms with Crippen molar-refractivity contribution in [1.29, 1.82) is 0 Å². The highest BCUT2D eigenvalue weighted by atomic mass is 19.1. The van der Waals surface area contributed by atoms with Crippen LogP contribution >= 0.6 is 0 Å². The lowest BCUT2D eigenvalue weighted by Gasteiger charge is -2.27. The van der Waals surface area contributed by atoms with E-state index in [0.717, 1.165) is 24.8 Å². The van der Waals surface area contributed by atoms with Gasteiger partial charge in [-0.15, -0.1) is 0 Å². The Morgan fingerprint density at radius 2 is 1.67 bits per heavy atom. The van der Waals surface area contributed by atoms with Crippen LogP contribution in [0.5, 0.6) is 0 Å². The van der Waals surface area contributed by atoms with E-state index in [2.05, 4.69) is 6.92 Å². The molecule has 0 bridgehead atoms. The van der Waals surface area contributed by atoms with Crippen LogP contribution < -0.4 is 0 Å². The molecule has 2 nitrogen and oxygen atoms in total. The molecule has 0 N–H and O–H groups in total. The van der Waals surface area contributed by atoms with Crippen LogP contribution in [0.3, 0.4) is 0 Å². The Morgan fingerprint density at radius 3 is 2.17 bits per heavy atom. The highest BCUT2D eigenvalue weighted by molar-refractivity contribution is 5.21. The van der Waals surface area contributed by atoms with Gasteiger partial charge in [-0.1, -0.05) is 39.3 Å². The van der Waals surface area contributed by atoms with Crippen molar-refractivity contribution in [2.75, 3.05) is 13.2 Å². The fraction of sp³-hybridized carbons (Fsp3) is 0.600. The maximum absolute atomic E-state index is 12.9. The van der Waals surface area contributed by atoms with Gasteiger partial charge in [0.15, 0.2) is 5.79 Å². The summed E-state index contributed by atoms with van der Waals surface area (Å²) in [6.07, 6.45) is 2.96. The number of benzene rings is 1. The van der Waals surface area contributed by atoms with Crippen molar-refractivity contribution in [3.63, 3.8) is 0 Å². The molecule has 0 amide bonds. The largest absolute Gasteiger partial charge is 0.343 e. The first-order chi connectivity index (χ1) is 8.77. The number of halogens is 1. The van der Waals surface area contributed by atoms with E-state index in [9.17, 15) is 4.39 Å². The highest BCUT2D eigenvalue weighted by Gasteiger charge is 2.37. The zero-order valence-corrected chi connectivity index (χ0v) is 11.5. The smallest absolute Gasteiger partial charge is 0.194 e. The molecular formula is C15H23FO2. The van der Waals surface area contributed by atoms with Crippen LogP contribution in [0, 0.1) is 5.82 Å². The summed E-state index contributed by atoms with van der Waals surface area (Å²) < 4.78 is 24.3. The van der Waals surface area contributed by atoms with E-state index in [1.807, 2.05) is 13.8 Å². The van der Waals surface area contributed by atoms with Crippen LogP contribution in [0.25, 0.3) is 0 Å². The van der Waals surface area contributed by atoms with E-state index in [4.69, 9.17) is 9.47 Å². The average Bonchev–Trinajstić information content (AvgIpc) is 2.89. The minimum absolute atomic E-state index is 0.229. The third kappa shape index (κ3) is 3.53. The fourth-order valence-corrected chi connectivity index (χ4v) is 2.02. The molecule has 102 valence electrons. The lowest BCUT2D eigenvalue weighted by molar-refractivity contribution is -0.171. The Labute approximate surface area is 109 Å². The van der Waals surface area contributed by atoms with E-state index >= 15 is 0 Å². The maximum atomic E-state index is 12.9. The van der Waals surface area contributed by atoms with Crippen LogP contribution in [0.1, 0.15) is 45.6 Å². The van der Waals surface area contributed by atoms with Gasteiger partial charge in [0.25, 0.3) is 0 Å². The topological polar surface area (TPSA) is 18.5 Å². The van der Waals surface area contributed by atoms with Gasteiger partial charge in [0.1, 0.15) is 5.82 Å². The molecule has 0 aliphatic carbocycles. The quantitative estimate of drug-likeness (QED) is 0.800. The van der Waals surface area contributed by atoms with Crippen LogP contribution in [-0.4, -0.2) is 13.2 Å². The number of hydrogen-bond acceptors (Lipinski definition) is 2. The number of rotatable bonds is 4. The van der Waals surface area contributed by atoms with E-state index in [1.165, 1.54) is 12.1 Å². The molecule has 0 atom stereocenters. The highest BCUT2D eigenvalue weighted by Crippen LogP contribution is 2.36. The maximum Gasteiger partial charge on any atom is 0.194 e. The predicted molar refractivity (Wildman–Crippen MR) is 70.9 cm³/mol. The summed E-state index contributed by atoms with van der Waals surface area (Å²) in [5.41, 5.74) is 0.917. The SMILES string of the molecule is CC.CCCCC1(c2ccc(F)cc2)OCCO1. The summed E-state index contributed by atoms with van der Waals surface area (Å²) in [5, 5.41) is 0. The van der Waals surface area contributed by atoms with Crippen molar-refractivity contribution in [1.82, 2.24) is 0 Å². The molecule has 2 rings (SSSR count). The third-order valence-corrected chi connectivity index (χ3v) is 2.90. The van der Waals surface area contributed by atoms with E-state index in [-0.39, 0.29) is 5.82 Å². The summed E-state index contributed by atoms with van der Waals surface area (Å²) in [4.78, 5) is 0. The normalized spacial score (nSPS) is 17.1. The van der Waals surface area contributed by atoms with Crippen LogP contribution in [-0.2, 0) is 15.3 Å². The number of ether oxygens (including phenoxy) is 2. The second-order valence-corrected chi connectivity index (χ2v) is 4.06. The monoisotopic (exact) mass is 254 g/mol. The Hall–Kier alpha value is -0.930. The lowest BCUT2D eigenvalue weighted by Crippen LogP contribution is -2.27. The van der Waals surface area contributed by atoms with Crippen LogP contribution in [0.2, 0.25) is 0 Å². The van der Waals surface area contributed by atoms with Gasteiger partial charge in [-0.05, 0) is 18.6 Å². The van der Waals surface area contributed by atoms with E-state index < -0.39 is 5.79 Å². The summed E-state index contributed by atoms with van der Waals surface area (Å²) in [6.45, 7) is 7.36.